The van der Waals surface area contributed by atoms with Gasteiger partial charge >= 0.3 is 5.97 Å². The van der Waals surface area contributed by atoms with Gasteiger partial charge in [0.15, 0.2) is 0 Å². The maximum Gasteiger partial charge on any atom is 0.308 e. The monoisotopic (exact) mass is 572 g/mol. The molecule has 0 aliphatic carbocycles. The van der Waals surface area contributed by atoms with Gasteiger partial charge in [0.25, 0.3) is 0 Å². The number of hydrogen-bond acceptors (Lipinski definition) is 4. The van der Waals surface area contributed by atoms with E-state index in [1.807, 2.05) is 43.3 Å². The molecular formula is C38H52O4. The molecule has 0 saturated carbocycles. The van der Waals surface area contributed by atoms with Crippen molar-refractivity contribution < 1.29 is 19.4 Å². The molecule has 2 aromatic rings. The molecule has 2 aliphatic heterocycles. The molecule has 228 valence electrons. The van der Waals surface area contributed by atoms with Crippen LogP contribution in [-0.4, -0.2) is 35.5 Å². The smallest absolute Gasteiger partial charge is 0.308 e. The Labute approximate surface area is 254 Å². The molecule has 0 aromatic heterocycles. The minimum absolute atomic E-state index is 0.0223. The summed E-state index contributed by atoms with van der Waals surface area (Å²) in [5.74, 6) is 0.437. The van der Waals surface area contributed by atoms with Crippen LogP contribution in [0.2, 0.25) is 0 Å². The number of esters is 1. The summed E-state index contributed by atoms with van der Waals surface area (Å²) < 4.78 is 12.8. The highest BCUT2D eigenvalue weighted by Gasteiger charge is 2.34. The molecule has 2 fully saturated rings. The van der Waals surface area contributed by atoms with Crippen molar-refractivity contribution in [3.05, 3.63) is 82.9 Å². The number of benzene rings is 2. The van der Waals surface area contributed by atoms with Crippen LogP contribution in [-0.2, 0) is 14.3 Å². The number of ether oxygens (including phenoxy) is 2. The number of carbonyl (C=O) groups is 1. The SMILES string of the molecule is CC(C)[C@@H]1C/C(=C/c2ccccc2)C[C@H](C)[C@H](O)/C(=C\c2ccccc2)CC2C[C@H](C)[C@H](CCCC[C@H](C)C(=O)O1)O2. The fourth-order valence-corrected chi connectivity index (χ4v) is 6.51. The Morgan fingerprint density at radius 1 is 0.810 bits per heavy atom. The molecule has 4 nitrogen and oxygen atoms in total. The van der Waals surface area contributed by atoms with Gasteiger partial charge in [-0.3, -0.25) is 4.79 Å². The zero-order valence-corrected chi connectivity index (χ0v) is 26.4. The summed E-state index contributed by atoms with van der Waals surface area (Å²) in [4.78, 5) is 13.2. The molecule has 0 amide bonds. The van der Waals surface area contributed by atoms with E-state index in [4.69, 9.17) is 9.47 Å². The zero-order chi connectivity index (χ0) is 30.1. The molecule has 0 spiro atoms. The Hall–Kier alpha value is -2.69. The standard InChI is InChI=1S/C38H52O4/c1-26(2)36-24-32(22-30-15-8-6-9-16-30)20-29(5)37(39)33(23-31-17-10-7-11-18-31)25-34-21-28(4)35(41-34)19-13-12-14-27(3)38(40)42-36/h6-11,15-18,22-23,26-29,34-37,39H,12-14,19-21,24-25H2,1-5H3/b32-22+,33-23-/t27-,28-,29-,34?,35-,36-,37-/m0/s1. The summed E-state index contributed by atoms with van der Waals surface area (Å²) in [7, 11) is 0. The second kappa shape index (κ2) is 15.7. The lowest BCUT2D eigenvalue weighted by Gasteiger charge is -2.28. The fraction of sp³-hybridized carbons (Fsp3) is 0.553. The van der Waals surface area contributed by atoms with E-state index in [1.54, 1.807) is 0 Å². The third kappa shape index (κ3) is 9.41. The van der Waals surface area contributed by atoms with E-state index in [1.165, 1.54) is 5.57 Å². The minimum Gasteiger partial charge on any atom is -0.462 e. The maximum absolute atomic E-state index is 13.2. The summed E-state index contributed by atoms with van der Waals surface area (Å²) in [5.41, 5.74) is 4.45. The number of aliphatic hydroxyl groups excluding tert-OH is 1. The number of fused-ring (bicyclic) bond motifs is 2. The van der Waals surface area contributed by atoms with Crippen LogP contribution in [0.5, 0.6) is 0 Å². The average Bonchev–Trinajstić information content (AvgIpc) is 3.32. The Morgan fingerprint density at radius 2 is 1.43 bits per heavy atom. The number of cyclic esters (lactones) is 1. The topological polar surface area (TPSA) is 55.8 Å². The van der Waals surface area contributed by atoms with Gasteiger partial charge in [-0.2, -0.15) is 0 Å². The molecule has 2 heterocycles. The first-order valence-electron chi connectivity index (χ1n) is 16.2. The minimum atomic E-state index is -0.610. The summed E-state index contributed by atoms with van der Waals surface area (Å²) in [5, 5.41) is 11.9. The first kappa shape index (κ1) is 32.2. The lowest BCUT2D eigenvalue weighted by molar-refractivity contribution is -0.156. The number of rotatable bonds is 3. The lowest BCUT2D eigenvalue weighted by atomic mass is 9.84. The van der Waals surface area contributed by atoms with Crippen molar-refractivity contribution in [3.8, 4) is 0 Å². The number of aliphatic hydroxyl groups is 1. The van der Waals surface area contributed by atoms with Crippen molar-refractivity contribution in [3.63, 3.8) is 0 Å². The molecule has 1 N–H and O–H groups in total. The predicted octanol–water partition coefficient (Wildman–Crippen LogP) is 8.89. The fourth-order valence-electron chi connectivity index (χ4n) is 6.51. The van der Waals surface area contributed by atoms with E-state index < -0.39 is 6.10 Å². The van der Waals surface area contributed by atoms with Gasteiger partial charge in [-0.1, -0.05) is 126 Å². The van der Waals surface area contributed by atoms with Crippen LogP contribution >= 0.6 is 0 Å². The highest BCUT2D eigenvalue weighted by atomic mass is 16.5. The maximum atomic E-state index is 13.2. The molecule has 2 bridgehead atoms. The van der Waals surface area contributed by atoms with Crippen LogP contribution in [0.3, 0.4) is 0 Å². The van der Waals surface area contributed by atoms with Crippen molar-refractivity contribution in [2.45, 2.75) is 110 Å². The lowest BCUT2D eigenvalue weighted by Crippen LogP contribution is -2.29. The molecule has 2 aliphatic rings. The van der Waals surface area contributed by atoms with Crippen LogP contribution in [0.1, 0.15) is 97.1 Å². The van der Waals surface area contributed by atoms with Crippen molar-refractivity contribution >= 4 is 18.1 Å². The molecular weight excluding hydrogens is 520 g/mol. The van der Waals surface area contributed by atoms with Gasteiger partial charge in [0, 0.05) is 6.42 Å². The Morgan fingerprint density at radius 3 is 2.07 bits per heavy atom. The molecule has 2 saturated heterocycles. The summed E-state index contributed by atoms with van der Waals surface area (Å²) >= 11 is 0. The van der Waals surface area contributed by atoms with E-state index in [0.29, 0.717) is 18.8 Å². The highest BCUT2D eigenvalue weighted by molar-refractivity contribution is 5.72. The van der Waals surface area contributed by atoms with Crippen LogP contribution < -0.4 is 0 Å². The van der Waals surface area contributed by atoms with Crippen molar-refractivity contribution in [2.75, 3.05) is 0 Å². The molecule has 2 aromatic carbocycles. The second-order valence-electron chi connectivity index (χ2n) is 13.3. The normalized spacial score (nSPS) is 32.5. The van der Waals surface area contributed by atoms with E-state index >= 15 is 0 Å². The first-order valence-corrected chi connectivity index (χ1v) is 16.2. The van der Waals surface area contributed by atoms with Gasteiger partial charge in [-0.15, -0.1) is 0 Å². The predicted molar refractivity (Wildman–Crippen MR) is 173 cm³/mol. The van der Waals surface area contributed by atoms with Crippen LogP contribution in [0.25, 0.3) is 12.2 Å². The first-order chi connectivity index (χ1) is 20.2. The average molecular weight is 573 g/mol. The van der Waals surface area contributed by atoms with Gasteiger partial charge in [0.05, 0.1) is 24.2 Å². The summed E-state index contributed by atoms with van der Waals surface area (Å²) in [6, 6.07) is 20.6. The van der Waals surface area contributed by atoms with Crippen molar-refractivity contribution in [2.24, 2.45) is 23.7 Å². The highest BCUT2D eigenvalue weighted by Crippen LogP contribution is 2.36. The number of hydrogen-bond donors (Lipinski definition) is 1. The molecule has 42 heavy (non-hydrogen) atoms. The van der Waals surface area contributed by atoms with Gasteiger partial charge in [-0.05, 0) is 66.6 Å². The van der Waals surface area contributed by atoms with E-state index in [-0.39, 0.29) is 42.0 Å². The van der Waals surface area contributed by atoms with Crippen LogP contribution in [0.4, 0.5) is 0 Å². The van der Waals surface area contributed by atoms with E-state index in [0.717, 1.165) is 55.2 Å². The van der Waals surface area contributed by atoms with Gasteiger partial charge in [-0.25, -0.2) is 0 Å². The third-order valence-electron chi connectivity index (χ3n) is 9.18. The van der Waals surface area contributed by atoms with E-state index in [9.17, 15) is 9.90 Å². The van der Waals surface area contributed by atoms with Crippen molar-refractivity contribution in [1.82, 2.24) is 0 Å². The van der Waals surface area contributed by atoms with Gasteiger partial charge in [0.1, 0.15) is 6.10 Å². The molecule has 4 heteroatoms. The Balaban J connectivity index is 1.67. The largest absolute Gasteiger partial charge is 0.462 e. The van der Waals surface area contributed by atoms with Gasteiger partial charge < -0.3 is 14.6 Å². The third-order valence-corrected chi connectivity index (χ3v) is 9.18. The molecule has 7 atom stereocenters. The molecule has 1 unspecified atom stereocenters. The van der Waals surface area contributed by atoms with E-state index in [2.05, 4.69) is 64.1 Å². The second-order valence-corrected chi connectivity index (χ2v) is 13.3. The Kier molecular flexibility index (Phi) is 12.0. The van der Waals surface area contributed by atoms with Crippen LogP contribution in [0.15, 0.2) is 71.8 Å². The molecule has 0 radical (unpaired) electrons. The van der Waals surface area contributed by atoms with Crippen molar-refractivity contribution in [1.29, 1.82) is 0 Å². The zero-order valence-electron chi connectivity index (χ0n) is 26.4. The summed E-state index contributed by atoms with van der Waals surface area (Å²) in [6.45, 7) is 10.7. The van der Waals surface area contributed by atoms with Crippen LogP contribution in [0, 0.1) is 23.7 Å². The number of carbonyl (C=O) groups excluding carboxylic acids is 1. The Bertz CT molecular complexity index is 1170. The summed E-state index contributed by atoms with van der Waals surface area (Å²) in [6.07, 6.45) is 10.9. The quantitative estimate of drug-likeness (QED) is 0.373. The van der Waals surface area contributed by atoms with Gasteiger partial charge in [0.2, 0.25) is 0 Å². The molecule has 4 rings (SSSR count).